The van der Waals surface area contributed by atoms with E-state index in [9.17, 15) is 24.1 Å². The van der Waals surface area contributed by atoms with E-state index in [0.717, 1.165) is 16.8 Å². The number of aliphatic hydroxyl groups excluding tert-OH is 1. The molecule has 0 aliphatic carbocycles. The van der Waals surface area contributed by atoms with Crippen molar-refractivity contribution in [2.45, 2.75) is 24.5 Å². The summed E-state index contributed by atoms with van der Waals surface area (Å²) in [6.07, 6.45) is 0.469. The fraction of sp³-hybridized carbons (Fsp3) is 0.500. The molecule has 13 heteroatoms. The van der Waals surface area contributed by atoms with Crippen molar-refractivity contribution >= 4 is 22.1 Å². The third-order valence-corrected chi connectivity index (χ3v) is 4.51. The number of terminal acetylenes is 1. The molecule has 4 unspecified atom stereocenters. The molecule has 0 saturated carbocycles. The van der Waals surface area contributed by atoms with Crippen LogP contribution in [0.2, 0.25) is 0 Å². The molecule has 1 aromatic rings. The second-order valence-corrected chi connectivity index (χ2v) is 10.6. The lowest BCUT2D eigenvalue weighted by Crippen LogP contribution is -2.39. The maximum Gasteiger partial charge on any atom is 0.407 e. The van der Waals surface area contributed by atoms with Gasteiger partial charge in [-0.25, -0.2) is 9.59 Å². The predicted octanol–water partition coefficient (Wildman–Crippen LogP) is -0.763. The van der Waals surface area contributed by atoms with Crippen LogP contribution in [0.4, 0.5) is 4.79 Å². The number of rotatable bonds is 6. The number of hydrogen-bond donors (Lipinski definition) is 3. The Balaban J connectivity index is 2.21. The highest BCUT2D eigenvalue weighted by atomic mass is 32.0. The Hall–Kier alpha value is -1.95. The van der Waals surface area contributed by atoms with Gasteiger partial charge in [-0.05, 0) is 8.93 Å². The van der Waals surface area contributed by atoms with Crippen molar-refractivity contribution < 1.29 is 28.5 Å². The van der Waals surface area contributed by atoms with Gasteiger partial charge in [0.25, 0.3) is 5.56 Å². The molecule has 1 saturated heterocycles. The Labute approximate surface area is 155 Å². The second kappa shape index (κ2) is 8.83. The molecule has 2 heterocycles. The highest BCUT2D eigenvalue weighted by Gasteiger charge is 2.48. The zero-order valence-corrected chi connectivity index (χ0v) is 16.3. The van der Waals surface area contributed by atoms with E-state index < -0.39 is 48.9 Å². The minimum atomic E-state index is -3.14. The van der Waals surface area contributed by atoms with Crippen molar-refractivity contribution in [3.63, 3.8) is 0 Å². The lowest BCUT2D eigenvalue weighted by molar-refractivity contribution is -0.0561. The average Bonchev–Trinajstić information content (AvgIpc) is 2.86. The Bertz CT molecular complexity index is 885. The predicted molar refractivity (Wildman–Crippen MR) is 97.5 cm³/mol. The van der Waals surface area contributed by atoms with Crippen molar-refractivity contribution in [2.24, 2.45) is 0 Å². The van der Waals surface area contributed by atoms with Crippen LogP contribution in [0, 0.1) is 12.3 Å². The molecule has 11 nitrogen and oxygen atoms in total. The first-order chi connectivity index (χ1) is 12.6. The number of nitrogens with zero attached hydrogens (tertiary/aromatic N) is 1. The summed E-state index contributed by atoms with van der Waals surface area (Å²) in [6.45, 7) is 0.900. The lowest BCUT2D eigenvalue weighted by Gasteiger charge is -2.22. The third-order valence-electron chi connectivity index (χ3n) is 3.48. The molecule has 3 N–H and O–H groups in total. The van der Waals surface area contributed by atoms with Crippen molar-refractivity contribution in [2.75, 3.05) is 19.8 Å². The van der Waals surface area contributed by atoms with E-state index in [0.29, 0.717) is 0 Å². The fourth-order valence-electron chi connectivity index (χ4n) is 2.42. The molecular formula is C14H19N3O8P2. The lowest BCUT2D eigenvalue weighted by atomic mass is 10.1. The minimum Gasteiger partial charge on any atom is -0.447 e. The van der Waals surface area contributed by atoms with E-state index >= 15 is 0 Å². The number of nitrogens with one attached hydrogen (secondary N) is 2. The summed E-state index contributed by atoms with van der Waals surface area (Å²) in [6, 6.07) is 1.07. The molecule has 1 aromatic heterocycles. The van der Waals surface area contributed by atoms with Gasteiger partial charge in [-0.15, -0.1) is 6.42 Å². The van der Waals surface area contributed by atoms with Crippen LogP contribution in [0.5, 0.6) is 0 Å². The minimum absolute atomic E-state index is 0.0436. The van der Waals surface area contributed by atoms with Gasteiger partial charge in [-0.1, -0.05) is 5.92 Å². The van der Waals surface area contributed by atoms with Gasteiger partial charge in [0.15, 0.2) is 6.23 Å². The number of amides is 1. The quantitative estimate of drug-likeness (QED) is 0.402. The van der Waals surface area contributed by atoms with Gasteiger partial charge in [0.1, 0.15) is 24.9 Å². The molecule has 1 fully saturated rings. The summed E-state index contributed by atoms with van der Waals surface area (Å²) in [4.78, 5) is 36.7. The molecule has 6 atom stereocenters. The molecule has 0 bridgehead atoms. The highest BCUT2D eigenvalue weighted by molar-refractivity contribution is 8.14. The molecule has 2 rings (SSSR count). The van der Waals surface area contributed by atoms with Crippen molar-refractivity contribution in [1.82, 2.24) is 14.9 Å². The molecule has 1 amide bonds. The van der Waals surface area contributed by atoms with Gasteiger partial charge in [0.05, 0.1) is 6.54 Å². The van der Waals surface area contributed by atoms with E-state index in [2.05, 4.69) is 11.2 Å². The number of aliphatic hydroxyl groups is 1. The smallest absolute Gasteiger partial charge is 0.407 e. The summed E-state index contributed by atoms with van der Waals surface area (Å²) in [5.41, 5.74) is -1.44. The first-order valence-electron chi connectivity index (χ1n) is 7.66. The maximum atomic E-state index is 12.0. The fourth-order valence-corrected chi connectivity index (χ4v) is 3.58. The van der Waals surface area contributed by atoms with Crippen LogP contribution < -0.4 is 16.6 Å². The van der Waals surface area contributed by atoms with Gasteiger partial charge in [-0.2, -0.15) is 0 Å². The Morgan fingerprint density at radius 2 is 2.30 bits per heavy atom. The molecule has 0 aromatic carbocycles. The SMILES string of the molecule is C#CCNC(=O)OC[C@H]1O[C@@H](n2ccc(=O)[nH]c2=O)C(O)C1OP(C)(=O)P. The van der Waals surface area contributed by atoms with Gasteiger partial charge in [-0.3, -0.25) is 18.9 Å². The Morgan fingerprint density at radius 1 is 1.59 bits per heavy atom. The van der Waals surface area contributed by atoms with Crippen LogP contribution >= 0.6 is 16.0 Å². The third kappa shape index (κ3) is 5.76. The zero-order chi connectivity index (χ0) is 20.2. The first-order valence-corrected chi connectivity index (χ1v) is 11.3. The number of hydrogen-bond acceptors (Lipinski definition) is 8. The van der Waals surface area contributed by atoms with Crippen LogP contribution in [-0.2, 0) is 18.6 Å². The van der Waals surface area contributed by atoms with Crippen LogP contribution in [0.25, 0.3) is 0 Å². The highest BCUT2D eigenvalue weighted by Crippen LogP contribution is 2.54. The average molecular weight is 419 g/mol. The molecule has 1 aliphatic heterocycles. The number of aromatic amines is 1. The zero-order valence-electron chi connectivity index (χ0n) is 14.2. The van der Waals surface area contributed by atoms with Gasteiger partial charge in [0.2, 0.25) is 7.06 Å². The van der Waals surface area contributed by atoms with Gasteiger partial charge < -0.3 is 24.4 Å². The molecule has 148 valence electrons. The van der Waals surface area contributed by atoms with Gasteiger partial charge >= 0.3 is 11.8 Å². The largest absolute Gasteiger partial charge is 0.447 e. The molecular weight excluding hydrogens is 400 g/mol. The summed E-state index contributed by atoms with van der Waals surface area (Å²) in [5.74, 6) is 2.20. The topological polar surface area (TPSA) is 149 Å². The van der Waals surface area contributed by atoms with Crippen molar-refractivity contribution in [3.05, 3.63) is 33.1 Å². The normalized spacial score (nSPS) is 26.7. The van der Waals surface area contributed by atoms with Gasteiger partial charge in [0, 0.05) is 18.9 Å². The maximum absolute atomic E-state index is 12.0. The van der Waals surface area contributed by atoms with Crippen LogP contribution in [0.1, 0.15) is 6.23 Å². The number of H-pyrrole nitrogens is 1. The standard InChI is InChI=1S/C14H19N3O8P2/c1-3-5-15-14(21)23-7-8-11(25-27(2,22)26)10(19)12(24-8)17-6-4-9(18)16-13(17)20/h1,4,6,8,10-12,19H,5,7,26H2,2H3,(H,15,21)(H,16,18,20)/t8-,10?,11?,12-,27?/m1/s1. The number of alkyl carbamates (subject to hydrolysis) is 1. The van der Waals surface area contributed by atoms with Crippen LogP contribution in [0.3, 0.4) is 0 Å². The number of carbonyl (C=O) groups excluding carboxylic acids is 1. The van der Waals surface area contributed by atoms with Crippen molar-refractivity contribution in [1.29, 1.82) is 0 Å². The summed E-state index contributed by atoms with van der Waals surface area (Å²) in [7, 11) is -1.12. The Morgan fingerprint density at radius 3 is 2.89 bits per heavy atom. The van der Waals surface area contributed by atoms with E-state index in [4.69, 9.17) is 20.4 Å². The van der Waals surface area contributed by atoms with E-state index in [1.54, 1.807) is 0 Å². The van der Waals surface area contributed by atoms with Crippen molar-refractivity contribution in [3.8, 4) is 12.3 Å². The monoisotopic (exact) mass is 419 g/mol. The first kappa shape index (κ1) is 21.4. The molecule has 0 radical (unpaired) electrons. The second-order valence-electron chi connectivity index (χ2n) is 5.71. The molecule has 27 heavy (non-hydrogen) atoms. The van der Waals surface area contributed by atoms with E-state index in [-0.39, 0.29) is 13.2 Å². The number of ether oxygens (including phenoxy) is 2. The summed E-state index contributed by atoms with van der Waals surface area (Å²) >= 11 is 0. The summed E-state index contributed by atoms with van der Waals surface area (Å²) in [5, 5.41) is 12.8. The summed E-state index contributed by atoms with van der Waals surface area (Å²) < 4.78 is 28.9. The van der Waals surface area contributed by atoms with E-state index in [1.807, 2.05) is 13.9 Å². The van der Waals surface area contributed by atoms with E-state index in [1.165, 1.54) is 6.66 Å². The number of aromatic nitrogens is 2. The molecule has 1 aliphatic rings. The Kier molecular flexibility index (Phi) is 6.98. The van der Waals surface area contributed by atoms with Crippen LogP contribution in [-0.4, -0.2) is 58.9 Å². The van der Waals surface area contributed by atoms with Crippen LogP contribution in [0.15, 0.2) is 21.9 Å². The number of carbonyl (C=O) groups is 1. The molecule has 0 spiro atoms.